The van der Waals surface area contributed by atoms with Crippen LogP contribution in [0.25, 0.3) is 0 Å². The molecule has 1 rings (SSSR count). The molecule has 2 atom stereocenters. The van der Waals surface area contributed by atoms with Crippen LogP contribution in [0.15, 0.2) is 0 Å². The lowest BCUT2D eigenvalue weighted by atomic mass is 10.2. The van der Waals surface area contributed by atoms with Crippen LogP contribution in [0.2, 0.25) is 0 Å². The Balaban J connectivity index is 2.06. The zero-order chi connectivity index (χ0) is 12.1. The van der Waals surface area contributed by atoms with Gasteiger partial charge in [0.25, 0.3) is 0 Å². The molecule has 0 aromatic rings. The van der Waals surface area contributed by atoms with Gasteiger partial charge in [-0.3, -0.25) is 0 Å². The van der Waals surface area contributed by atoms with Crippen LogP contribution >= 0.6 is 0 Å². The summed E-state index contributed by atoms with van der Waals surface area (Å²) < 4.78 is 0. The number of likely N-dealkylation sites (tertiary alicyclic amines) is 1. The maximum atomic E-state index is 11.2. The molecule has 1 heterocycles. The average Bonchev–Trinajstić information content (AvgIpc) is 2.53. The first-order chi connectivity index (χ1) is 7.50. The van der Waals surface area contributed by atoms with Crippen LogP contribution in [0.3, 0.4) is 0 Å². The molecule has 0 saturated carbocycles. The van der Waals surface area contributed by atoms with Crippen LogP contribution in [-0.4, -0.2) is 68.7 Å². The molecule has 2 N–H and O–H groups in total. The number of urea groups is 1. The lowest BCUT2D eigenvalue weighted by Gasteiger charge is -2.15. The fraction of sp³-hybridized carbons (Fsp3) is 0.909. The van der Waals surface area contributed by atoms with Crippen molar-refractivity contribution >= 4 is 6.03 Å². The Morgan fingerprint density at radius 2 is 2.12 bits per heavy atom. The quantitative estimate of drug-likeness (QED) is 0.663. The number of nitrogens with one attached hydrogen (secondary N) is 2. The zero-order valence-electron chi connectivity index (χ0n) is 10.8. The van der Waals surface area contributed by atoms with E-state index in [1.807, 2.05) is 0 Å². The van der Waals surface area contributed by atoms with E-state index >= 15 is 0 Å². The molecule has 5 heteroatoms. The fourth-order valence-corrected chi connectivity index (χ4v) is 1.95. The highest BCUT2D eigenvalue weighted by molar-refractivity contribution is 5.73. The Morgan fingerprint density at radius 3 is 2.62 bits per heavy atom. The number of hydrogen-bond donors (Lipinski definition) is 2. The average molecular weight is 228 g/mol. The normalized spacial score (nSPS) is 25.8. The van der Waals surface area contributed by atoms with Gasteiger partial charge in [0.05, 0.1) is 0 Å². The summed E-state index contributed by atoms with van der Waals surface area (Å²) in [7, 11) is 5.65. The Morgan fingerprint density at radius 1 is 1.44 bits per heavy atom. The van der Waals surface area contributed by atoms with Gasteiger partial charge in [-0.05, 0) is 20.4 Å². The highest BCUT2D eigenvalue weighted by atomic mass is 16.2. The summed E-state index contributed by atoms with van der Waals surface area (Å²) in [6.07, 6.45) is 1.19. The second kappa shape index (κ2) is 6.06. The van der Waals surface area contributed by atoms with Crippen molar-refractivity contribution in [2.45, 2.75) is 25.4 Å². The van der Waals surface area contributed by atoms with Gasteiger partial charge in [-0.2, -0.15) is 0 Å². The molecule has 16 heavy (non-hydrogen) atoms. The van der Waals surface area contributed by atoms with Gasteiger partial charge in [0.15, 0.2) is 0 Å². The van der Waals surface area contributed by atoms with Crippen molar-refractivity contribution in [3.63, 3.8) is 0 Å². The number of amides is 2. The highest BCUT2D eigenvalue weighted by Gasteiger charge is 2.25. The smallest absolute Gasteiger partial charge is 0.316 e. The minimum atomic E-state index is -0.0290. The van der Waals surface area contributed by atoms with Gasteiger partial charge in [-0.1, -0.05) is 0 Å². The lowest BCUT2D eigenvalue weighted by Crippen LogP contribution is -2.41. The summed E-state index contributed by atoms with van der Waals surface area (Å²) in [6.45, 7) is 4.87. The Hall–Kier alpha value is -0.810. The van der Waals surface area contributed by atoms with Gasteiger partial charge in [0.1, 0.15) is 0 Å². The third-order valence-corrected chi connectivity index (χ3v) is 3.13. The summed E-state index contributed by atoms with van der Waals surface area (Å²) >= 11 is 0. The van der Waals surface area contributed by atoms with Crippen LogP contribution in [0.5, 0.6) is 0 Å². The van der Waals surface area contributed by atoms with Crippen molar-refractivity contribution in [2.75, 3.05) is 40.8 Å². The molecule has 0 aliphatic carbocycles. The Labute approximate surface area is 98.2 Å². The standard InChI is InChI=1S/C11H24N4O/c1-9-7-10(8-15(9)4)12-5-6-13-11(16)14(2)3/h9-10,12H,5-8H2,1-4H3,(H,13,16). The van der Waals surface area contributed by atoms with E-state index in [9.17, 15) is 4.79 Å². The first-order valence-electron chi connectivity index (χ1n) is 5.89. The van der Waals surface area contributed by atoms with E-state index in [1.54, 1.807) is 19.0 Å². The highest BCUT2D eigenvalue weighted by Crippen LogP contribution is 2.14. The molecule has 1 aliphatic heterocycles. The maximum absolute atomic E-state index is 11.2. The molecule has 0 spiro atoms. The van der Waals surface area contributed by atoms with Crippen molar-refractivity contribution in [1.29, 1.82) is 0 Å². The predicted molar refractivity (Wildman–Crippen MR) is 65.6 cm³/mol. The first-order valence-corrected chi connectivity index (χ1v) is 5.89. The van der Waals surface area contributed by atoms with E-state index in [0.717, 1.165) is 13.1 Å². The minimum absolute atomic E-state index is 0.0290. The SMILES string of the molecule is CC1CC(NCCNC(=O)N(C)C)CN1C. The zero-order valence-corrected chi connectivity index (χ0v) is 10.8. The number of likely N-dealkylation sites (N-methyl/N-ethyl adjacent to an activating group) is 1. The molecule has 5 nitrogen and oxygen atoms in total. The van der Waals surface area contributed by atoms with E-state index in [1.165, 1.54) is 6.42 Å². The summed E-state index contributed by atoms with van der Waals surface area (Å²) in [4.78, 5) is 15.1. The maximum Gasteiger partial charge on any atom is 0.316 e. The molecular weight excluding hydrogens is 204 g/mol. The molecular formula is C11H24N4O. The van der Waals surface area contributed by atoms with E-state index in [2.05, 4.69) is 29.5 Å². The second-order valence-electron chi connectivity index (χ2n) is 4.80. The summed E-state index contributed by atoms with van der Waals surface area (Å²) in [5.74, 6) is 0. The van der Waals surface area contributed by atoms with Crippen LogP contribution in [0.1, 0.15) is 13.3 Å². The van der Waals surface area contributed by atoms with E-state index in [4.69, 9.17) is 0 Å². The number of carbonyl (C=O) groups excluding carboxylic acids is 1. The summed E-state index contributed by atoms with van der Waals surface area (Å²) in [5, 5.41) is 6.30. The molecule has 0 radical (unpaired) electrons. The number of rotatable bonds is 4. The molecule has 0 bridgehead atoms. The van der Waals surface area contributed by atoms with E-state index < -0.39 is 0 Å². The summed E-state index contributed by atoms with van der Waals surface area (Å²) in [5.41, 5.74) is 0. The van der Waals surface area contributed by atoms with Gasteiger partial charge < -0.3 is 20.4 Å². The lowest BCUT2D eigenvalue weighted by molar-refractivity contribution is 0.217. The molecule has 0 aromatic carbocycles. The largest absolute Gasteiger partial charge is 0.337 e. The molecule has 1 saturated heterocycles. The molecule has 0 aromatic heterocycles. The minimum Gasteiger partial charge on any atom is -0.337 e. The van der Waals surface area contributed by atoms with Crippen molar-refractivity contribution in [2.24, 2.45) is 0 Å². The van der Waals surface area contributed by atoms with E-state index in [0.29, 0.717) is 18.6 Å². The van der Waals surface area contributed by atoms with Crippen molar-refractivity contribution in [1.82, 2.24) is 20.4 Å². The summed E-state index contributed by atoms with van der Waals surface area (Å²) in [6, 6.07) is 1.20. The molecule has 1 fully saturated rings. The van der Waals surface area contributed by atoms with Crippen molar-refractivity contribution in [3.05, 3.63) is 0 Å². The monoisotopic (exact) mass is 228 g/mol. The van der Waals surface area contributed by atoms with Gasteiger partial charge in [0.2, 0.25) is 0 Å². The molecule has 94 valence electrons. The molecule has 2 unspecified atom stereocenters. The third-order valence-electron chi connectivity index (χ3n) is 3.13. The molecule has 2 amide bonds. The van der Waals surface area contributed by atoms with Crippen LogP contribution < -0.4 is 10.6 Å². The third kappa shape index (κ3) is 3.98. The van der Waals surface area contributed by atoms with Gasteiger partial charge in [0, 0.05) is 45.8 Å². The van der Waals surface area contributed by atoms with Crippen LogP contribution in [0, 0.1) is 0 Å². The van der Waals surface area contributed by atoms with Gasteiger partial charge in [-0.25, -0.2) is 4.79 Å². The topological polar surface area (TPSA) is 47.6 Å². The Bertz CT molecular complexity index is 222. The fourth-order valence-electron chi connectivity index (χ4n) is 1.95. The second-order valence-corrected chi connectivity index (χ2v) is 4.80. The number of carbonyl (C=O) groups is 1. The first kappa shape index (κ1) is 13.3. The Kier molecular flexibility index (Phi) is 5.02. The van der Waals surface area contributed by atoms with Gasteiger partial charge >= 0.3 is 6.03 Å². The number of hydrogen-bond acceptors (Lipinski definition) is 3. The predicted octanol–water partition coefficient (Wildman–Crippen LogP) is -0.0602. The van der Waals surface area contributed by atoms with Gasteiger partial charge in [-0.15, -0.1) is 0 Å². The number of nitrogens with zero attached hydrogens (tertiary/aromatic N) is 2. The van der Waals surface area contributed by atoms with Crippen LogP contribution in [0.4, 0.5) is 4.79 Å². The molecule has 1 aliphatic rings. The van der Waals surface area contributed by atoms with E-state index in [-0.39, 0.29) is 6.03 Å². The van der Waals surface area contributed by atoms with Crippen LogP contribution in [-0.2, 0) is 0 Å². The van der Waals surface area contributed by atoms with Crippen molar-refractivity contribution in [3.8, 4) is 0 Å². The van der Waals surface area contributed by atoms with Crippen molar-refractivity contribution < 1.29 is 4.79 Å².